The van der Waals surface area contributed by atoms with Crippen molar-refractivity contribution in [3.63, 3.8) is 0 Å². The van der Waals surface area contributed by atoms with Crippen LogP contribution in [-0.2, 0) is 0 Å². The fourth-order valence-electron chi connectivity index (χ4n) is 0.839. The van der Waals surface area contributed by atoms with E-state index in [1.54, 1.807) is 30.4 Å². The molecule has 1 rings (SSSR count). The van der Waals surface area contributed by atoms with Gasteiger partial charge in [0.05, 0.1) is 6.61 Å². The molecule has 12 heavy (non-hydrogen) atoms. The molecule has 0 aliphatic heterocycles. The van der Waals surface area contributed by atoms with Gasteiger partial charge in [-0.25, -0.2) is 0 Å². The van der Waals surface area contributed by atoms with Crippen molar-refractivity contribution in [1.82, 2.24) is 0 Å². The van der Waals surface area contributed by atoms with Gasteiger partial charge in [0.1, 0.15) is 5.75 Å². The maximum Gasteiger partial charge on any atom is 0.122 e. The number of halogens is 1. The maximum absolute atomic E-state index is 9.31. The Balaban J connectivity index is 2.97. The Labute approximate surface area is 79.3 Å². The minimum Gasteiger partial charge on any atom is -0.507 e. The van der Waals surface area contributed by atoms with E-state index in [0.29, 0.717) is 5.56 Å². The van der Waals surface area contributed by atoms with Gasteiger partial charge >= 0.3 is 0 Å². The van der Waals surface area contributed by atoms with Crippen LogP contribution in [0.1, 0.15) is 5.56 Å². The molecule has 0 spiro atoms. The number of hydrogen-bond donors (Lipinski definition) is 2. The van der Waals surface area contributed by atoms with E-state index in [1.165, 1.54) is 0 Å². The van der Waals surface area contributed by atoms with Crippen molar-refractivity contribution in [3.05, 3.63) is 34.3 Å². The van der Waals surface area contributed by atoms with Gasteiger partial charge in [0.25, 0.3) is 0 Å². The molecule has 0 heterocycles. The Morgan fingerprint density at radius 3 is 2.83 bits per heavy atom. The van der Waals surface area contributed by atoms with Gasteiger partial charge in [-0.15, -0.1) is 0 Å². The van der Waals surface area contributed by atoms with Gasteiger partial charge in [-0.3, -0.25) is 0 Å². The molecule has 0 unspecified atom stereocenters. The highest BCUT2D eigenvalue weighted by atomic mass is 79.9. The van der Waals surface area contributed by atoms with Gasteiger partial charge in [-0.2, -0.15) is 0 Å². The van der Waals surface area contributed by atoms with E-state index >= 15 is 0 Å². The van der Waals surface area contributed by atoms with Crippen LogP contribution < -0.4 is 0 Å². The maximum atomic E-state index is 9.31. The molecule has 0 aliphatic rings. The summed E-state index contributed by atoms with van der Waals surface area (Å²) in [4.78, 5) is 0. The van der Waals surface area contributed by atoms with Crippen LogP contribution in [-0.4, -0.2) is 16.8 Å². The van der Waals surface area contributed by atoms with Crippen molar-refractivity contribution < 1.29 is 10.2 Å². The Bertz CT molecular complexity index is 295. The zero-order valence-corrected chi connectivity index (χ0v) is 7.95. The van der Waals surface area contributed by atoms with Gasteiger partial charge in [0.2, 0.25) is 0 Å². The third kappa shape index (κ3) is 2.36. The molecule has 1 aromatic rings. The molecule has 2 nitrogen and oxygen atoms in total. The van der Waals surface area contributed by atoms with Crippen molar-refractivity contribution in [2.45, 2.75) is 0 Å². The summed E-state index contributed by atoms with van der Waals surface area (Å²) < 4.78 is 0.901. The molecule has 3 heteroatoms. The smallest absolute Gasteiger partial charge is 0.122 e. The van der Waals surface area contributed by atoms with E-state index in [-0.39, 0.29) is 12.4 Å². The molecule has 0 saturated heterocycles. The van der Waals surface area contributed by atoms with E-state index in [9.17, 15) is 5.11 Å². The molecule has 2 N–H and O–H groups in total. The summed E-state index contributed by atoms with van der Waals surface area (Å²) in [5, 5.41) is 17.8. The van der Waals surface area contributed by atoms with E-state index in [2.05, 4.69) is 15.9 Å². The molecule has 0 bridgehead atoms. The lowest BCUT2D eigenvalue weighted by Crippen LogP contribution is -1.76. The molecule has 0 radical (unpaired) electrons. The highest BCUT2D eigenvalue weighted by molar-refractivity contribution is 9.10. The Kier molecular flexibility index (Phi) is 3.31. The van der Waals surface area contributed by atoms with Crippen LogP contribution in [0.5, 0.6) is 5.75 Å². The third-order valence-electron chi connectivity index (χ3n) is 1.39. The van der Waals surface area contributed by atoms with Crippen molar-refractivity contribution in [2.75, 3.05) is 6.61 Å². The summed E-state index contributed by atoms with van der Waals surface area (Å²) in [6.07, 6.45) is 3.24. The zero-order valence-electron chi connectivity index (χ0n) is 6.37. The molecule has 0 aliphatic carbocycles. The third-order valence-corrected chi connectivity index (χ3v) is 1.89. The minimum absolute atomic E-state index is 0.0219. The number of aliphatic hydroxyl groups is 1. The van der Waals surface area contributed by atoms with Crippen LogP contribution in [0.2, 0.25) is 0 Å². The highest BCUT2D eigenvalue weighted by Gasteiger charge is 1.96. The minimum atomic E-state index is -0.0219. The molecule has 0 fully saturated rings. The van der Waals surface area contributed by atoms with Gasteiger partial charge in [0, 0.05) is 10.0 Å². The molecule has 1 aromatic carbocycles. The molecular formula is C9H9BrO2. The number of benzene rings is 1. The second-order valence-electron chi connectivity index (χ2n) is 2.29. The lowest BCUT2D eigenvalue weighted by Gasteiger charge is -1.98. The quantitative estimate of drug-likeness (QED) is 0.815. The molecule has 0 amide bonds. The first-order chi connectivity index (χ1) is 5.74. The van der Waals surface area contributed by atoms with Gasteiger partial charge in [0.15, 0.2) is 0 Å². The van der Waals surface area contributed by atoms with Crippen LogP contribution in [0.15, 0.2) is 28.7 Å². The SMILES string of the molecule is OCC=Cc1cc(Br)ccc1O. The summed E-state index contributed by atoms with van der Waals surface area (Å²) >= 11 is 3.28. The second-order valence-corrected chi connectivity index (χ2v) is 3.20. The van der Waals surface area contributed by atoms with Gasteiger partial charge in [-0.1, -0.05) is 28.1 Å². The van der Waals surface area contributed by atoms with Crippen molar-refractivity contribution >= 4 is 22.0 Å². The number of phenols is 1. The Hall–Kier alpha value is -0.800. The van der Waals surface area contributed by atoms with Crippen LogP contribution in [0.4, 0.5) is 0 Å². The first kappa shape index (κ1) is 9.29. The van der Waals surface area contributed by atoms with E-state index < -0.39 is 0 Å². The average molecular weight is 229 g/mol. The van der Waals surface area contributed by atoms with Crippen LogP contribution in [0.3, 0.4) is 0 Å². The zero-order chi connectivity index (χ0) is 8.97. The first-order valence-electron chi connectivity index (χ1n) is 3.50. The van der Waals surface area contributed by atoms with Crippen molar-refractivity contribution in [3.8, 4) is 5.75 Å². The number of aliphatic hydroxyl groups excluding tert-OH is 1. The standard InChI is InChI=1S/C9H9BrO2/c10-8-3-4-9(12)7(6-8)2-1-5-11/h1-4,6,11-12H,5H2. The second kappa shape index (κ2) is 4.28. The summed E-state index contributed by atoms with van der Waals surface area (Å²) in [5.74, 6) is 0.211. The summed E-state index contributed by atoms with van der Waals surface area (Å²) in [6, 6.07) is 5.13. The van der Waals surface area contributed by atoms with Crippen LogP contribution in [0, 0.1) is 0 Å². The van der Waals surface area contributed by atoms with Crippen molar-refractivity contribution in [1.29, 1.82) is 0 Å². The van der Waals surface area contributed by atoms with Crippen LogP contribution >= 0.6 is 15.9 Å². The fraction of sp³-hybridized carbons (Fsp3) is 0.111. The topological polar surface area (TPSA) is 40.5 Å². The summed E-state index contributed by atoms with van der Waals surface area (Å²) in [7, 11) is 0. The van der Waals surface area contributed by atoms with Gasteiger partial charge < -0.3 is 10.2 Å². The predicted molar refractivity (Wildman–Crippen MR) is 51.9 cm³/mol. The summed E-state index contributed by atoms with van der Waals surface area (Å²) in [6.45, 7) is -0.0219. The number of rotatable bonds is 2. The first-order valence-corrected chi connectivity index (χ1v) is 4.29. The molecular weight excluding hydrogens is 220 g/mol. The number of phenolic OH excluding ortho intramolecular Hbond substituents is 1. The van der Waals surface area contributed by atoms with Crippen LogP contribution in [0.25, 0.3) is 6.08 Å². The molecule has 64 valence electrons. The Morgan fingerprint density at radius 1 is 1.42 bits per heavy atom. The molecule has 0 aromatic heterocycles. The van der Waals surface area contributed by atoms with Crippen molar-refractivity contribution in [2.24, 2.45) is 0 Å². The average Bonchev–Trinajstić information content (AvgIpc) is 2.07. The van der Waals surface area contributed by atoms with E-state index in [1.807, 2.05) is 0 Å². The monoisotopic (exact) mass is 228 g/mol. The predicted octanol–water partition coefficient (Wildman–Crippen LogP) is 2.16. The highest BCUT2D eigenvalue weighted by Crippen LogP contribution is 2.22. The number of aromatic hydroxyl groups is 1. The number of hydrogen-bond acceptors (Lipinski definition) is 2. The lowest BCUT2D eigenvalue weighted by atomic mass is 10.2. The normalized spacial score (nSPS) is 10.8. The fourth-order valence-corrected chi connectivity index (χ4v) is 1.22. The Morgan fingerprint density at radius 2 is 2.17 bits per heavy atom. The summed E-state index contributed by atoms with van der Waals surface area (Å²) in [5.41, 5.74) is 0.693. The largest absolute Gasteiger partial charge is 0.507 e. The van der Waals surface area contributed by atoms with Gasteiger partial charge in [-0.05, 0) is 18.2 Å². The lowest BCUT2D eigenvalue weighted by molar-refractivity contribution is 0.343. The van der Waals surface area contributed by atoms with E-state index in [0.717, 1.165) is 4.47 Å². The molecule has 0 saturated carbocycles. The van der Waals surface area contributed by atoms with E-state index in [4.69, 9.17) is 5.11 Å². The molecule has 0 atom stereocenters.